The van der Waals surface area contributed by atoms with Crippen molar-refractivity contribution in [3.63, 3.8) is 0 Å². The zero-order chi connectivity index (χ0) is 11.0. The van der Waals surface area contributed by atoms with E-state index in [1.165, 1.54) is 5.56 Å². The Kier molecular flexibility index (Phi) is 2.89. The molecule has 0 bridgehead atoms. The van der Waals surface area contributed by atoms with E-state index in [4.69, 9.17) is 22.1 Å². The van der Waals surface area contributed by atoms with E-state index in [1.54, 1.807) is 7.11 Å². The van der Waals surface area contributed by atoms with Crippen LogP contribution in [0.5, 0.6) is 5.75 Å². The predicted molar refractivity (Wildman–Crippen MR) is 62.6 cm³/mol. The van der Waals surface area contributed by atoms with Crippen LogP contribution in [0.1, 0.15) is 42.9 Å². The van der Waals surface area contributed by atoms with Crippen molar-refractivity contribution in [1.82, 2.24) is 0 Å². The maximum absolute atomic E-state index is 6.25. The van der Waals surface area contributed by atoms with Gasteiger partial charge in [-0.3, -0.25) is 0 Å². The maximum Gasteiger partial charge on any atom is 0.120 e. The van der Waals surface area contributed by atoms with Gasteiger partial charge in [0.1, 0.15) is 5.75 Å². The van der Waals surface area contributed by atoms with Gasteiger partial charge in [0.25, 0.3) is 0 Å². The lowest BCUT2D eigenvalue weighted by atomic mass is 9.81. The fourth-order valence-corrected chi connectivity index (χ4v) is 2.69. The number of hydrogen-bond donors (Lipinski definition) is 1. The van der Waals surface area contributed by atoms with Crippen molar-refractivity contribution in [3.8, 4) is 5.75 Å². The number of hydrogen-bond acceptors (Lipinski definition) is 2. The van der Waals surface area contributed by atoms with Gasteiger partial charge in [-0.05, 0) is 42.0 Å². The van der Waals surface area contributed by atoms with Crippen LogP contribution in [0.3, 0.4) is 0 Å². The van der Waals surface area contributed by atoms with Crippen LogP contribution < -0.4 is 10.5 Å². The van der Waals surface area contributed by atoms with Gasteiger partial charge in [0.2, 0.25) is 0 Å². The standard InChI is InChI=1S/C12H16ClNO/c1-7-3-4-11(14)9-5-8(15-2)6-10(13)12(7)9/h5-7,11H,3-4,14H2,1-2H3/t7?,11-/m1/s1. The first-order chi connectivity index (χ1) is 7.13. The molecule has 0 heterocycles. The molecule has 1 aromatic rings. The van der Waals surface area contributed by atoms with E-state index in [1.807, 2.05) is 12.1 Å². The summed E-state index contributed by atoms with van der Waals surface area (Å²) in [5, 5.41) is 0.784. The van der Waals surface area contributed by atoms with Crippen molar-refractivity contribution in [2.45, 2.75) is 31.7 Å². The van der Waals surface area contributed by atoms with Crippen LogP contribution in [0.4, 0.5) is 0 Å². The second kappa shape index (κ2) is 4.03. The molecule has 2 N–H and O–H groups in total. The van der Waals surface area contributed by atoms with Gasteiger partial charge in [-0.1, -0.05) is 18.5 Å². The Morgan fingerprint density at radius 2 is 2.13 bits per heavy atom. The molecule has 3 heteroatoms. The molecule has 0 aliphatic heterocycles. The van der Waals surface area contributed by atoms with Crippen LogP contribution >= 0.6 is 11.6 Å². The summed E-state index contributed by atoms with van der Waals surface area (Å²) in [6, 6.07) is 3.99. The molecule has 0 amide bonds. The molecule has 0 fully saturated rings. The SMILES string of the molecule is COc1cc(Cl)c2c(c1)[C@H](N)CCC2C. The molecule has 1 aromatic carbocycles. The Labute approximate surface area is 95.4 Å². The lowest BCUT2D eigenvalue weighted by Gasteiger charge is -2.28. The smallest absolute Gasteiger partial charge is 0.120 e. The van der Waals surface area contributed by atoms with E-state index in [2.05, 4.69) is 6.92 Å². The second-order valence-corrected chi connectivity index (χ2v) is 4.60. The third-order valence-corrected chi connectivity index (χ3v) is 3.49. The Morgan fingerprint density at radius 3 is 2.80 bits per heavy atom. The Bertz CT molecular complexity index is 378. The molecular formula is C12H16ClNO. The quantitative estimate of drug-likeness (QED) is 0.797. The number of fused-ring (bicyclic) bond motifs is 1. The molecule has 0 saturated heterocycles. The highest BCUT2D eigenvalue weighted by molar-refractivity contribution is 6.31. The Morgan fingerprint density at radius 1 is 1.40 bits per heavy atom. The van der Waals surface area contributed by atoms with Gasteiger partial charge in [-0.15, -0.1) is 0 Å². The minimum atomic E-state index is 0.101. The number of halogens is 1. The highest BCUT2D eigenvalue weighted by Gasteiger charge is 2.25. The van der Waals surface area contributed by atoms with Crippen LogP contribution in [-0.2, 0) is 0 Å². The van der Waals surface area contributed by atoms with E-state index in [0.29, 0.717) is 5.92 Å². The molecule has 2 nitrogen and oxygen atoms in total. The molecule has 1 aliphatic rings. The molecule has 0 aromatic heterocycles. The third-order valence-electron chi connectivity index (χ3n) is 3.17. The summed E-state index contributed by atoms with van der Waals surface area (Å²) in [5.41, 5.74) is 8.44. The number of ether oxygens (including phenoxy) is 1. The largest absolute Gasteiger partial charge is 0.497 e. The van der Waals surface area contributed by atoms with Gasteiger partial charge in [0.15, 0.2) is 0 Å². The fraction of sp³-hybridized carbons (Fsp3) is 0.500. The molecular weight excluding hydrogens is 210 g/mol. The van der Waals surface area contributed by atoms with E-state index in [0.717, 1.165) is 29.2 Å². The lowest BCUT2D eigenvalue weighted by molar-refractivity contribution is 0.411. The molecule has 82 valence electrons. The zero-order valence-electron chi connectivity index (χ0n) is 9.09. The predicted octanol–water partition coefficient (Wildman–Crippen LogP) is 3.25. The highest BCUT2D eigenvalue weighted by Crippen LogP contribution is 2.42. The lowest BCUT2D eigenvalue weighted by Crippen LogP contribution is -2.19. The average molecular weight is 226 g/mol. The van der Waals surface area contributed by atoms with E-state index < -0.39 is 0 Å². The van der Waals surface area contributed by atoms with Gasteiger partial charge < -0.3 is 10.5 Å². The summed E-state index contributed by atoms with van der Waals surface area (Å²) in [4.78, 5) is 0. The van der Waals surface area contributed by atoms with Gasteiger partial charge in [0, 0.05) is 11.1 Å². The summed E-state index contributed by atoms with van der Waals surface area (Å²) < 4.78 is 5.20. The first-order valence-corrected chi connectivity index (χ1v) is 5.64. The van der Waals surface area contributed by atoms with Crippen molar-refractivity contribution in [3.05, 3.63) is 28.3 Å². The first kappa shape index (κ1) is 10.8. The molecule has 2 atom stereocenters. The minimum Gasteiger partial charge on any atom is -0.497 e. The summed E-state index contributed by atoms with van der Waals surface area (Å²) >= 11 is 6.25. The van der Waals surface area contributed by atoms with Crippen LogP contribution in [0.15, 0.2) is 12.1 Å². The maximum atomic E-state index is 6.25. The summed E-state index contributed by atoms with van der Waals surface area (Å²) in [6.45, 7) is 2.20. The molecule has 2 rings (SSSR count). The van der Waals surface area contributed by atoms with E-state index in [9.17, 15) is 0 Å². The number of nitrogens with two attached hydrogens (primary N) is 1. The molecule has 0 radical (unpaired) electrons. The fourth-order valence-electron chi connectivity index (χ4n) is 2.29. The third kappa shape index (κ3) is 1.84. The molecule has 0 spiro atoms. The number of methoxy groups -OCH3 is 1. The van der Waals surface area contributed by atoms with Crippen molar-refractivity contribution in [2.75, 3.05) is 7.11 Å². The molecule has 1 aliphatic carbocycles. The molecule has 1 unspecified atom stereocenters. The first-order valence-electron chi connectivity index (χ1n) is 5.26. The Balaban J connectivity index is 2.56. The average Bonchev–Trinajstić information content (AvgIpc) is 2.23. The summed E-state index contributed by atoms with van der Waals surface area (Å²) in [5.74, 6) is 1.29. The van der Waals surface area contributed by atoms with Crippen LogP contribution in [0.2, 0.25) is 5.02 Å². The van der Waals surface area contributed by atoms with Gasteiger partial charge in [-0.25, -0.2) is 0 Å². The van der Waals surface area contributed by atoms with Gasteiger partial charge in [0.05, 0.1) is 7.11 Å². The van der Waals surface area contributed by atoms with Crippen LogP contribution in [0, 0.1) is 0 Å². The van der Waals surface area contributed by atoms with Crippen molar-refractivity contribution in [2.24, 2.45) is 5.73 Å². The van der Waals surface area contributed by atoms with Gasteiger partial charge in [-0.2, -0.15) is 0 Å². The van der Waals surface area contributed by atoms with Crippen LogP contribution in [-0.4, -0.2) is 7.11 Å². The number of benzene rings is 1. The molecule has 15 heavy (non-hydrogen) atoms. The minimum absolute atomic E-state index is 0.101. The second-order valence-electron chi connectivity index (χ2n) is 4.20. The zero-order valence-corrected chi connectivity index (χ0v) is 9.84. The number of rotatable bonds is 1. The van der Waals surface area contributed by atoms with Crippen molar-refractivity contribution in [1.29, 1.82) is 0 Å². The molecule has 0 saturated carbocycles. The monoisotopic (exact) mass is 225 g/mol. The van der Waals surface area contributed by atoms with Gasteiger partial charge >= 0.3 is 0 Å². The van der Waals surface area contributed by atoms with Crippen molar-refractivity contribution >= 4 is 11.6 Å². The highest BCUT2D eigenvalue weighted by atomic mass is 35.5. The van der Waals surface area contributed by atoms with Crippen molar-refractivity contribution < 1.29 is 4.74 Å². The van der Waals surface area contributed by atoms with E-state index >= 15 is 0 Å². The topological polar surface area (TPSA) is 35.2 Å². The summed E-state index contributed by atoms with van der Waals surface area (Å²) in [7, 11) is 1.65. The summed E-state index contributed by atoms with van der Waals surface area (Å²) in [6.07, 6.45) is 2.14. The van der Waals surface area contributed by atoms with Crippen LogP contribution in [0.25, 0.3) is 0 Å². The van der Waals surface area contributed by atoms with E-state index in [-0.39, 0.29) is 6.04 Å². The Hall–Kier alpha value is -0.730. The normalized spacial score (nSPS) is 24.8.